The molecule has 7 heteroatoms. The highest BCUT2D eigenvalue weighted by atomic mass is 19.1. The van der Waals surface area contributed by atoms with Crippen LogP contribution in [0.15, 0.2) is 12.1 Å². The van der Waals surface area contributed by atoms with Gasteiger partial charge in [-0.3, -0.25) is 10.1 Å². The minimum absolute atomic E-state index is 0.00362. The molecule has 1 rings (SSSR count). The van der Waals surface area contributed by atoms with E-state index in [-0.39, 0.29) is 12.1 Å². The normalized spacial score (nSPS) is 12.5. The first-order chi connectivity index (χ1) is 6.99. The van der Waals surface area contributed by atoms with E-state index in [4.69, 9.17) is 11.5 Å². The van der Waals surface area contributed by atoms with Crippen LogP contribution in [0, 0.1) is 15.9 Å². The molecule has 15 heavy (non-hydrogen) atoms. The Bertz CT molecular complexity index is 397. The van der Waals surface area contributed by atoms with E-state index in [0.717, 1.165) is 6.07 Å². The third kappa shape index (κ3) is 2.03. The molecule has 0 amide bonds. The molecule has 6 nitrogen and oxygen atoms in total. The zero-order valence-electron chi connectivity index (χ0n) is 7.68. The maximum Gasteiger partial charge on any atom is 0.346 e. The summed E-state index contributed by atoms with van der Waals surface area (Å²) in [5.41, 5.74) is 9.81. The molecule has 0 unspecified atom stereocenters. The average molecular weight is 215 g/mol. The van der Waals surface area contributed by atoms with Crippen LogP contribution in [0.4, 0.5) is 10.1 Å². The number of nitro groups is 1. The molecule has 1 aromatic carbocycles. The Morgan fingerprint density at radius 3 is 2.67 bits per heavy atom. The van der Waals surface area contributed by atoms with Crippen molar-refractivity contribution in [2.75, 3.05) is 6.54 Å². The van der Waals surface area contributed by atoms with Gasteiger partial charge in [-0.15, -0.1) is 0 Å². The summed E-state index contributed by atoms with van der Waals surface area (Å²) in [6.07, 6.45) is 0. The van der Waals surface area contributed by atoms with E-state index in [1.54, 1.807) is 0 Å². The Hall–Kier alpha value is -1.73. The first kappa shape index (κ1) is 11.3. The maximum absolute atomic E-state index is 13.0. The molecule has 0 heterocycles. The molecule has 0 saturated heterocycles. The van der Waals surface area contributed by atoms with Gasteiger partial charge in [0.1, 0.15) is 0 Å². The Morgan fingerprint density at radius 2 is 2.20 bits per heavy atom. The molecular weight excluding hydrogens is 205 g/mol. The van der Waals surface area contributed by atoms with Gasteiger partial charge >= 0.3 is 5.69 Å². The number of nitrogens with zero attached hydrogens (tertiary/aromatic N) is 1. The molecule has 1 aromatic rings. The molecule has 0 fully saturated rings. The lowest BCUT2D eigenvalue weighted by atomic mass is 10.1. The molecule has 82 valence electrons. The number of hydrogen-bond acceptors (Lipinski definition) is 5. The van der Waals surface area contributed by atoms with Gasteiger partial charge in [0.05, 0.1) is 4.92 Å². The second-order valence-corrected chi connectivity index (χ2v) is 2.93. The Labute approximate surface area is 84.5 Å². The predicted molar refractivity (Wildman–Crippen MR) is 50.7 cm³/mol. The van der Waals surface area contributed by atoms with Crippen LogP contribution in [0.3, 0.4) is 0 Å². The number of phenols is 1. The number of nitro benzene ring substituents is 1. The van der Waals surface area contributed by atoms with Crippen molar-refractivity contribution in [3.8, 4) is 5.75 Å². The summed E-state index contributed by atoms with van der Waals surface area (Å²) >= 11 is 0. The lowest BCUT2D eigenvalue weighted by molar-refractivity contribution is -0.388. The van der Waals surface area contributed by atoms with Crippen molar-refractivity contribution in [1.29, 1.82) is 0 Å². The van der Waals surface area contributed by atoms with E-state index in [0.29, 0.717) is 0 Å². The van der Waals surface area contributed by atoms with Gasteiger partial charge in [0, 0.05) is 18.2 Å². The summed E-state index contributed by atoms with van der Waals surface area (Å²) in [4.78, 5) is 9.44. The predicted octanol–water partition coefficient (Wildman–Crippen LogP) is 0.398. The minimum atomic E-state index is -1.11. The van der Waals surface area contributed by atoms with Crippen molar-refractivity contribution in [2.45, 2.75) is 6.04 Å². The van der Waals surface area contributed by atoms with Gasteiger partial charge in [-0.1, -0.05) is 6.07 Å². The van der Waals surface area contributed by atoms with E-state index >= 15 is 0 Å². The monoisotopic (exact) mass is 215 g/mol. The molecule has 0 aliphatic carbocycles. The smallest absolute Gasteiger partial charge is 0.346 e. The van der Waals surface area contributed by atoms with Crippen LogP contribution in [-0.2, 0) is 0 Å². The van der Waals surface area contributed by atoms with E-state index in [9.17, 15) is 19.6 Å². The molecule has 5 N–H and O–H groups in total. The number of benzene rings is 1. The molecule has 0 radical (unpaired) electrons. The number of nitrogens with two attached hydrogens (primary N) is 2. The van der Waals surface area contributed by atoms with Gasteiger partial charge in [0.15, 0.2) is 0 Å². The summed E-state index contributed by atoms with van der Waals surface area (Å²) < 4.78 is 13.0. The molecule has 0 aliphatic rings. The summed E-state index contributed by atoms with van der Waals surface area (Å²) in [5.74, 6) is -1.87. The summed E-state index contributed by atoms with van der Waals surface area (Å²) in [7, 11) is 0. The van der Waals surface area contributed by atoms with Crippen LogP contribution in [0.2, 0.25) is 0 Å². The minimum Gasteiger partial charge on any atom is -0.502 e. The van der Waals surface area contributed by atoms with Crippen LogP contribution < -0.4 is 11.5 Å². The van der Waals surface area contributed by atoms with E-state index in [1.807, 2.05) is 0 Å². The Balaban J connectivity index is 3.34. The molecule has 1 atom stereocenters. The fourth-order valence-corrected chi connectivity index (χ4v) is 1.17. The highest BCUT2D eigenvalue weighted by molar-refractivity contribution is 5.52. The Kier molecular flexibility index (Phi) is 3.17. The van der Waals surface area contributed by atoms with Crippen molar-refractivity contribution in [3.63, 3.8) is 0 Å². The summed E-state index contributed by atoms with van der Waals surface area (Å²) in [6, 6.07) is 1.29. The lowest BCUT2D eigenvalue weighted by Crippen LogP contribution is -2.21. The Morgan fingerprint density at radius 1 is 1.60 bits per heavy atom. The van der Waals surface area contributed by atoms with Crippen LogP contribution in [-0.4, -0.2) is 16.6 Å². The summed E-state index contributed by atoms with van der Waals surface area (Å²) in [5, 5.41) is 19.9. The third-order valence-electron chi connectivity index (χ3n) is 1.97. The topological polar surface area (TPSA) is 115 Å². The second-order valence-electron chi connectivity index (χ2n) is 2.93. The first-order valence-corrected chi connectivity index (χ1v) is 4.10. The number of hydrogen-bond donors (Lipinski definition) is 3. The highest BCUT2D eigenvalue weighted by Gasteiger charge is 2.25. The number of rotatable bonds is 3. The van der Waals surface area contributed by atoms with Crippen molar-refractivity contribution >= 4 is 5.69 Å². The van der Waals surface area contributed by atoms with Gasteiger partial charge in [-0.25, -0.2) is 0 Å². The zero-order chi connectivity index (χ0) is 11.6. The van der Waals surface area contributed by atoms with Gasteiger partial charge in [0.2, 0.25) is 11.6 Å². The van der Waals surface area contributed by atoms with Crippen LogP contribution in [0.1, 0.15) is 11.6 Å². The summed E-state index contributed by atoms with van der Waals surface area (Å²) in [6.45, 7) is -0.00362. The lowest BCUT2D eigenvalue weighted by Gasteiger charge is -2.10. The van der Waals surface area contributed by atoms with Crippen LogP contribution >= 0.6 is 0 Å². The van der Waals surface area contributed by atoms with Crippen molar-refractivity contribution in [1.82, 2.24) is 0 Å². The van der Waals surface area contributed by atoms with Crippen LogP contribution in [0.25, 0.3) is 0 Å². The highest BCUT2D eigenvalue weighted by Crippen LogP contribution is 2.34. The fourth-order valence-electron chi connectivity index (χ4n) is 1.17. The molecule has 0 saturated carbocycles. The zero-order valence-corrected chi connectivity index (χ0v) is 7.68. The van der Waals surface area contributed by atoms with Gasteiger partial charge in [-0.2, -0.15) is 4.39 Å². The van der Waals surface area contributed by atoms with E-state index in [1.165, 1.54) is 6.07 Å². The number of halogens is 1. The second kappa shape index (κ2) is 4.20. The van der Waals surface area contributed by atoms with Gasteiger partial charge < -0.3 is 16.6 Å². The SMILES string of the molecule is NC[C@@H](N)c1ccc(F)c([N+](=O)[O-])c1O. The largest absolute Gasteiger partial charge is 0.502 e. The van der Waals surface area contributed by atoms with Gasteiger partial charge in [-0.05, 0) is 6.07 Å². The molecule has 0 aromatic heterocycles. The molecule has 0 spiro atoms. The van der Waals surface area contributed by atoms with E-state index < -0.39 is 28.2 Å². The quantitative estimate of drug-likeness (QED) is 0.498. The molecule has 0 bridgehead atoms. The van der Waals surface area contributed by atoms with E-state index in [2.05, 4.69) is 0 Å². The number of phenolic OH excluding ortho intramolecular Hbond substituents is 1. The van der Waals surface area contributed by atoms with Crippen molar-refractivity contribution in [2.24, 2.45) is 11.5 Å². The first-order valence-electron chi connectivity index (χ1n) is 4.10. The average Bonchev–Trinajstić information content (AvgIpc) is 2.16. The maximum atomic E-state index is 13.0. The van der Waals surface area contributed by atoms with Crippen molar-refractivity contribution < 1.29 is 14.4 Å². The molecule has 0 aliphatic heterocycles. The van der Waals surface area contributed by atoms with Gasteiger partial charge in [0.25, 0.3) is 0 Å². The molecular formula is C8H10FN3O3. The fraction of sp³-hybridized carbons (Fsp3) is 0.250. The van der Waals surface area contributed by atoms with Crippen LogP contribution in [0.5, 0.6) is 5.75 Å². The number of aromatic hydroxyl groups is 1. The third-order valence-corrected chi connectivity index (χ3v) is 1.97. The standard InChI is InChI=1S/C8H10FN3O3/c9-5-2-1-4(6(11)3-10)8(13)7(5)12(14)15/h1-2,6,13H,3,10-11H2/t6-/m1/s1. The van der Waals surface area contributed by atoms with Crippen molar-refractivity contribution in [3.05, 3.63) is 33.6 Å².